The van der Waals surface area contributed by atoms with E-state index < -0.39 is 47.3 Å². The van der Waals surface area contributed by atoms with E-state index in [1.54, 1.807) is 19.2 Å². The average molecular weight is 656 g/mol. The number of aliphatic hydroxyl groups is 1. The van der Waals surface area contributed by atoms with Crippen LogP contribution in [0.4, 0.5) is 4.79 Å². The van der Waals surface area contributed by atoms with Gasteiger partial charge in [-0.05, 0) is 81.3 Å². The van der Waals surface area contributed by atoms with E-state index in [1.807, 2.05) is 58.0 Å². The first-order chi connectivity index (χ1) is 22.0. The molecule has 0 radical (unpaired) electrons. The van der Waals surface area contributed by atoms with Crippen LogP contribution >= 0.6 is 11.8 Å². The topological polar surface area (TPSA) is 136 Å². The zero-order chi connectivity index (χ0) is 33.0. The molecule has 0 aliphatic carbocycles. The number of methoxy groups -OCH3 is 1. The molecule has 6 atom stereocenters. The van der Waals surface area contributed by atoms with Crippen LogP contribution in [0.2, 0.25) is 0 Å². The Morgan fingerprint density at radius 1 is 1.11 bits per heavy atom. The van der Waals surface area contributed by atoms with E-state index in [-0.39, 0.29) is 30.7 Å². The van der Waals surface area contributed by atoms with Gasteiger partial charge in [0.05, 0.1) is 25.6 Å². The van der Waals surface area contributed by atoms with Crippen LogP contribution in [0.1, 0.15) is 48.9 Å². The molecule has 0 unspecified atom stereocenters. The number of aliphatic hydroxyl groups excluding tert-OH is 1. The normalized spacial score (nSPS) is 24.9. The van der Waals surface area contributed by atoms with Crippen molar-refractivity contribution in [3.63, 3.8) is 0 Å². The zero-order valence-electron chi connectivity index (χ0n) is 27.1. The summed E-state index contributed by atoms with van der Waals surface area (Å²) in [5.74, 6) is -0.151. The second kappa shape index (κ2) is 14.6. The van der Waals surface area contributed by atoms with Crippen LogP contribution in [0.5, 0.6) is 5.75 Å². The summed E-state index contributed by atoms with van der Waals surface area (Å²) < 4.78 is 21.7. The van der Waals surface area contributed by atoms with Gasteiger partial charge in [0.25, 0.3) is 5.91 Å². The highest BCUT2D eigenvalue weighted by molar-refractivity contribution is 8.00. The molecule has 250 valence electrons. The minimum atomic E-state index is -1.65. The molecular weight excluding hydrogens is 610 g/mol. The fourth-order valence-corrected chi connectivity index (χ4v) is 7.62. The number of carbonyl (C=O) groups excluding carboxylic acids is 3. The Labute approximate surface area is 274 Å². The predicted octanol–water partition coefficient (Wildman–Crippen LogP) is 3.46. The summed E-state index contributed by atoms with van der Waals surface area (Å²) in [4.78, 5) is 42.3. The van der Waals surface area contributed by atoms with Crippen LogP contribution in [0, 0.1) is 19.8 Å². The third kappa shape index (κ3) is 7.62. The molecule has 2 aromatic carbocycles. The van der Waals surface area contributed by atoms with Crippen LogP contribution in [-0.2, 0) is 36.8 Å². The maximum Gasteiger partial charge on any atom is 0.407 e. The summed E-state index contributed by atoms with van der Waals surface area (Å²) in [7, 11) is 1.57. The van der Waals surface area contributed by atoms with E-state index in [0.29, 0.717) is 18.9 Å². The molecule has 3 amide bonds. The highest BCUT2D eigenvalue weighted by Crippen LogP contribution is 2.40. The lowest BCUT2D eigenvalue weighted by Crippen LogP contribution is -2.58. The summed E-state index contributed by atoms with van der Waals surface area (Å²) in [6.45, 7) is 8.97. The van der Waals surface area contributed by atoms with Gasteiger partial charge in [-0.3, -0.25) is 9.59 Å². The van der Waals surface area contributed by atoms with E-state index in [0.717, 1.165) is 35.1 Å². The molecule has 0 aromatic heterocycles. The van der Waals surface area contributed by atoms with Gasteiger partial charge >= 0.3 is 6.09 Å². The highest BCUT2D eigenvalue weighted by atomic mass is 32.2. The molecule has 3 saturated heterocycles. The monoisotopic (exact) mass is 655 g/mol. The number of aryl methyl sites for hydroxylation is 2. The molecule has 0 saturated carbocycles. The lowest BCUT2D eigenvalue weighted by Gasteiger charge is -2.33. The Kier molecular flexibility index (Phi) is 10.8. The van der Waals surface area contributed by atoms with Crippen molar-refractivity contribution in [2.75, 3.05) is 26.2 Å². The Morgan fingerprint density at radius 2 is 1.83 bits per heavy atom. The fraction of sp³-hybridized carbons (Fsp3) is 0.559. The van der Waals surface area contributed by atoms with Gasteiger partial charge in [0.15, 0.2) is 12.4 Å². The van der Waals surface area contributed by atoms with Gasteiger partial charge in [0.2, 0.25) is 5.91 Å². The number of fused-ring (bicyclic) bond motifs is 1. The molecule has 0 spiro atoms. The number of thioether (sulfide) groups is 1. The Balaban J connectivity index is 1.31. The van der Waals surface area contributed by atoms with Gasteiger partial charge in [-0.15, -0.1) is 11.8 Å². The van der Waals surface area contributed by atoms with Gasteiger partial charge in [0, 0.05) is 23.8 Å². The van der Waals surface area contributed by atoms with Crippen molar-refractivity contribution in [3.8, 4) is 5.75 Å². The van der Waals surface area contributed by atoms with Gasteiger partial charge in [-0.1, -0.05) is 30.3 Å². The third-order valence-electron chi connectivity index (χ3n) is 9.19. The van der Waals surface area contributed by atoms with Gasteiger partial charge in [0.1, 0.15) is 17.9 Å². The number of benzene rings is 2. The average Bonchev–Trinajstić information content (AvgIpc) is 3.59. The summed E-state index contributed by atoms with van der Waals surface area (Å²) in [5, 5.41) is 17.4. The molecule has 5 rings (SSSR count). The SMILES string of the molecule is COc1ccc(C[C@H](NC(=O)O[C@@H]2CO[C@@H]3OCCC[C@@H]32)[C@H](O)C(=O)N2CSC(C)(C)[C@H]2C(=O)NCc2c(C)cccc2C)cc1. The van der Waals surface area contributed by atoms with Crippen molar-refractivity contribution < 1.29 is 38.4 Å². The maximum atomic E-state index is 14.0. The first kappa shape index (κ1) is 34.0. The van der Waals surface area contributed by atoms with Gasteiger partial charge in [-0.25, -0.2) is 4.79 Å². The number of ether oxygens (including phenoxy) is 4. The minimum absolute atomic E-state index is 0.0716. The first-order valence-corrected chi connectivity index (χ1v) is 16.8. The number of hydrogen-bond acceptors (Lipinski definition) is 9. The quantitative estimate of drug-likeness (QED) is 0.352. The first-order valence-electron chi connectivity index (χ1n) is 15.8. The smallest absolute Gasteiger partial charge is 0.407 e. The van der Waals surface area contributed by atoms with Crippen molar-refractivity contribution in [1.82, 2.24) is 15.5 Å². The van der Waals surface area contributed by atoms with Crippen LogP contribution < -0.4 is 15.4 Å². The molecule has 11 nitrogen and oxygen atoms in total. The molecule has 0 bridgehead atoms. The van der Waals surface area contributed by atoms with Crippen molar-refractivity contribution >= 4 is 29.7 Å². The molecule has 3 aliphatic heterocycles. The number of amides is 3. The number of alkyl carbamates (subject to hydrolysis) is 1. The van der Waals surface area contributed by atoms with Crippen molar-refractivity contribution in [1.29, 1.82) is 0 Å². The molecule has 3 fully saturated rings. The number of rotatable bonds is 10. The van der Waals surface area contributed by atoms with Crippen molar-refractivity contribution in [3.05, 3.63) is 64.7 Å². The van der Waals surface area contributed by atoms with Gasteiger partial charge < -0.3 is 39.6 Å². The number of hydrogen-bond donors (Lipinski definition) is 3. The number of carbonyl (C=O) groups is 3. The van der Waals surface area contributed by atoms with E-state index in [2.05, 4.69) is 10.6 Å². The molecule has 3 N–H and O–H groups in total. The van der Waals surface area contributed by atoms with Crippen LogP contribution in [0.25, 0.3) is 0 Å². The fourth-order valence-electron chi connectivity index (χ4n) is 6.48. The van der Waals surface area contributed by atoms with Crippen molar-refractivity contribution in [2.24, 2.45) is 5.92 Å². The summed E-state index contributed by atoms with van der Waals surface area (Å²) in [6, 6.07) is 11.3. The van der Waals surface area contributed by atoms with E-state index >= 15 is 0 Å². The second-order valence-electron chi connectivity index (χ2n) is 12.7. The Hall–Kier alpha value is -3.32. The summed E-state index contributed by atoms with van der Waals surface area (Å²) in [6.07, 6.45) is -1.51. The van der Waals surface area contributed by atoms with Crippen LogP contribution in [0.3, 0.4) is 0 Å². The number of nitrogens with one attached hydrogen (secondary N) is 2. The third-order valence-corrected chi connectivity index (χ3v) is 10.6. The van der Waals surface area contributed by atoms with Crippen LogP contribution in [0.15, 0.2) is 42.5 Å². The zero-order valence-corrected chi connectivity index (χ0v) is 27.9. The molecule has 3 heterocycles. The van der Waals surface area contributed by atoms with Crippen LogP contribution in [-0.4, -0.2) is 89.4 Å². The van der Waals surface area contributed by atoms with E-state index in [9.17, 15) is 19.5 Å². The molecule has 3 aliphatic rings. The molecular formula is C34H45N3O8S. The highest BCUT2D eigenvalue weighted by Gasteiger charge is 2.50. The van der Waals surface area contributed by atoms with E-state index in [1.165, 1.54) is 16.7 Å². The molecule has 12 heteroatoms. The maximum absolute atomic E-state index is 14.0. The van der Waals surface area contributed by atoms with E-state index in [4.69, 9.17) is 18.9 Å². The Morgan fingerprint density at radius 3 is 2.52 bits per heavy atom. The molecule has 2 aromatic rings. The largest absolute Gasteiger partial charge is 0.497 e. The van der Waals surface area contributed by atoms with Gasteiger partial charge in [-0.2, -0.15) is 0 Å². The summed E-state index contributed by atoms with van der Waals surface area (Å²) in [5.41, 5.74) is 3.93. The lowest BCUT2D eigenvalue weighted by molar-refractivity contribution is -0.152. The minimum Gasteiger partial charge on any atom is -0.497 e. The number of nitrogens with zero attached hydrogens (tertiary/aromatic N) is 1. The lowest BCUT2D eigenvalue weighted by atomic mass is 9.96. The predicted molar refractivity (Wildman–Crippen MR) is 173 cm³/mol. The Bertz CT molecular complexity index is 1380. The standard InChI is InChI=1S/C34H45N3O8S/c1-20-8-6-9-21(2)25(20)17-35-30(39)29-34(3,4)46-19-37(29)31(40)28(38)26(16-22-11-13-23(42-5)14-12-22)36-33(41)45-27-18-44-32-24(27)10-7-15-43-32/h6,8-9,11-14,24,26-29,32,38H,7,10,15-19H2,1-5H3,(H,35,39)(H,36,41)/t24-,26+,27-,28+,29-,32+/m1/s1. The second-order valence-corrected chi connectivity index (χ2v) is 14.3. The van der Waals surface area contributed by atoms with Crippen molar-refractivity contribution in [2.45, 2.75) is 88.8 Å². The summed E-state index contributed by atoms with van der Waals surface area (Å²) >= 11 is 1.46. The molecule has 46 heavy (non-hydrogen) atoms.